The molecule has 2 aliphatic rings. The predicted octanol–water partition coefficient (Wildman–Crippen LogP) is 5.31. The van der Waals surface area contributed by atoms with Gasteiger partial charge in [0.05, 0.1) is 39.1 Å². The number of carbonyl (C=O) groups is 2. The number of carbonyl (C=O) groups excluding carboxylic acids is 2. The lowest BCUT2D eigenvalue weighted by atomic mass is 9.99. The molecule has 2 amide bonds. The van der Waals surface area contributed by atoms with Crippen LogP contribution in [0.4, 0.5) is 4.79 Å². The second kappa shape index (κ2) is 17.4. The maximum Gasteiger partial charge on any atom is 0.328 e. The van der Waals surface area contributed by atoms with Gasteiger partial charge in [0.2, 0.25) is 0 Å². The number of esters is 1. The maximum absolute atomic E-state index is 12.8. The van der Waals surface area contributed by atoms with E-state index in [1.807, 2.05) is 91.0 Å². The van der Waals surface area contributed by atoms with Crippen LogP contribution >= 0.6 is 0 Å². The Balaban J connectivity index is 1.10. The van der Waals surface area contributed by atoms with Gasteiger partial charge in [-0.15, -0.1) is 0 Å². The van der Waals surface area contributed by atoms with Gasteiger partial charge in [-0.25, -0.2) is 9.59 Å². The molecule has 50 heavy (non-hydrogen) atoms. The van der Waals surface area contributed by atoms with E-state index in [1.54, 1.807) is 0 Å². The highest BCUT2D eigenvalue weighted by Crippen LogP contribution is 2.38. The number of nitrogens with one attached hydrogen (secondary N) is 2. The summed E-state index contributed by atoms with van der Waals surface area (Å²) in [7, 11) is 1.31. The summed E-state index contributed by atoms with van der Waals surface area (Å²) in [5.41, 5.74) is 6.73. The van der Waals surface area contributed by atoms with E-state index in [2.05, 4.69) is 27.7 Å². The van der Waals surface area contributed by atoms with Gasteiger partial charge in [0.25, 0.3) is 0 Å². The van der Waals surface area contributed by atoms with Gasteiger partial charge in [-0.05, 0) is 39.4 Å². The van der Waals surface area contributed by atoms with Gasteiger partial charge < -0.3 is 34.7 Å². The number of amides is 2. The molecule has 3 N–H and O–H groups in total. The van der Waals surface area contributed by atoms with Crippen molar-refractivity contribution in [3.8, 4) is 11.1 Å². The topological polar surface area (TPSA) is 119 Å². The van der Waals surface area contributed by atoms with Gasteiger partial charge in [0.1, 0.15) is 6.04 Å². The highest BCUT2D eigenvalue weighted by Gasteiger charge is 2.33. The lowest BCUT2D eigenvalue weighted by molar-refractivity contribution is -0.253. The molecule has 0 saturated carbocycles. The molecule has 4 aromatic carbocycles. The molecule has 4 atom stereocenters. The van der Waals surface area contributed by atoms with Crippen LogP contribution in [-0.2, 0) is 43.3 Å². The molecule has 2 aliphatic heterocycles. The van der Waals surface area contributed by atoms with Gasteiger partial charge in [-0.3, -0.25) is 4.90 Å². The fourth-order valence-corrected chi connectivity index (χ4v) is 6.38. The summed E-state index contributed by atoms with van der Waals surface area (Å²) in [5.74, 6) is -0.502. The Labute approximate surface area is 293 Å². The molecule has 2 saturated heterocycles. The summed E-state index contributed by atoms with van der Waals surface area (Å²) in [6.07, 6.45) is 0.373. The molecule has 262 valence electrons. The fraction of sp³-hybridized carbons (Fsp3) is 0.350. The van der Waals surface area contributed by atoms with Crippen LogP contribution in [0.15, 0.2) is 103 Å². The SMILES string of the molecule is COC(=O)C(Cc1ccccc1)NC(=O)NCc1cccc(-c2ccc(C3OC(CN4CCOCC4)CC(c4ccc(CO)cc4)O3)cc2)c1. The molecular weight excluding hydrogens is 634 g/mol. The molecule has 2 fully saturated rings. The Morgan fingerprint density at radius 3 is 2.28 bits per heavy atom. The quantitative estimate of drug-likeness (QED) is 0.173. The standard InChI is InChI=1S/C40H45N3O7/c1-47-38(45)36(23-28-6-3-2-4-7-28)42-40(46)41-25-30-8-5-9-34(22-30)31-14-16-33(17-15-31)39-49-35(26-43-18-20-48-21-19-43)24-37(50-39)32-12-10-29(27-44)11-13-32/h2-17,22,35-37,39,44H,18-21,23-27H2,1H3,(H2,41,42,46). The van der Waals surface area contributed by atoms with E-state index in [9.17, 15) is 14.7 Å². The first-order valence-electron chi connectivity index (χ1n) is 17.1. The average molecular weight is 680 g/mol. The van der Waals surface area contributed by atoms with Crippen molar-refractivity contribution in [3.05, 3.63) is 131 Å². The van der Waals surface area contributed by atoms with Gasteiger partial charge in [-0.1, -0.05) is 97.1 Å². The first-order valence-corrected chi connectivity index (χ1v) is 17.1. The fourth-order valence-electron chi connectivity index (χ4n) is 6.38. The van der Waals surface area contributed by atoms with E-state index in [1.165, 1.54) is 7.11 Å². The van der Waals surface area contributed by atoms with Crippen molar-refractivity contribution < 1.29 is 33.6 Å². The zero-order chi connectivity index (χ0) is 34.7. The summed E-state index contributed by atoms with van der Waals surface area (Å²) < 4.78 is 23.6. The van der Waals surface area contributed by atoms with E-state index >= 15 is 0 Å². The van der Waals surface area contributed by atoms with Crippen LogP contribution in [0, 0.1) is 0 Å². The minimum atomic E-state index is -0.805. The Kier molecular flexibility index (Phi) is 12.3. The van der Waals surface area contributed by atoms with E-state index in [4.69, 9.17) is 18.9 Å². The number of ether oxygens (including phenoxy) is 4. The van der Waals surface area contributed by atoms with Gasteiger partial charge in [0.15, 0.2) is 6.29 Å². The maximum atomic E-state index is 12.8. The number of aliphatic hydroxyl groups excluding tert-OH is 1. The third-order valence-corrected chi connectivity index (χ3v) is 9.15. The minimum Gasteiger partial charge on any atom is -0.467 e. The zero-order valence-electron chi connectivity index (χ0n) is 28.3. The molecule has 0 radical (unpaired) electrons. The molecule has 2 heterocycles. The third-order valence-electron chi connectivity index (χ3n) is 9.15. The second-order valence-corrected chi connectivity index (χ2v) is 12.7. The van der Waals surface area contributed by atoms with Gasteiger partial charge >= 0.3 is 12.0 Å². The number of hydrogen-bond donors (Lipinski definition) is 3. The largest absolute Gasteiger partial charge is 0.467 e. The van der Waals surface area contributed by atoms with Crippen molar-refractivity contribution in [2.45, 2.75) is 50.5 Å². The minimum absolute atomic E-state index is 0.00491. The van der Waals surface area contributed by atoms with E-state index in [0.717, 1.165) is 78.2 Å². The monoisotopic (exact) mass is 679 g/mol. The van der Waals surface area contributed by atoms with Crippen molar-refractivity contribution >= 4 is 12.0 Å². The number of benzene rings is 4. The van der Waals surface area contributed by atoms with Crippen LogP contribution in [0.25, 0.3) is 11.1 Å². The summed E-state index contributed by atoms with van der Waals surface area (Å²) in [5, 5.41) is 15.1. The van der Waals surface area contributed by atoms with Crippen molar-refractivity contribution in [3.63, 3.8) is 0 Å². The smallest absolute Gasteiger partial charge is 0.328 e. The average Bonchev–Trinajstić information content (AvgIpc) is 3.17. The number of morpholine rings is 1. The van der Waals surface area contributed by atoms with Crippen LogP contribution in [0.2, 0.25) is 0 Å². The zero-order valence-corrected chi connectivity index (χ0v) is 28.3. The van der Waals surface area contributed by atoms with Crippen molar-refractivity contribution in [1.29, 1.82) is 0 Å². The summed E-state index contributed by atoms with van der Waals surface area (Å²) >= 11 is 0. The molecule has 0 aliphatic carbocycles. The van der Waals surface area contributed by atoms with Crippen molar-refractivity contribution in [1.82, 2.24) is 15.5 Å². The highest BCUT2D eigenvalue weighted by molar-refractivity contribution is 5.83. The number of hydrogen-bond acceptors (Lipinski definition) is 8. The Bertz CT molecular complexity index is 1680. The van der Waals surface area contributed by atoms with Crippen molar-refractivity contribution in [2.24, 2.45) is 0 Å². The first kappa shape index (κ1) is 35.3. The molecule has 0 spiro atoms. The Morgan fingerprint density at radius 2 is 1.56 bits per heavy atom. The summed E-state index contributed by atoms with van der Waals surface area (Å²) in [6.45, 7) is 4.33. The van der Waals surface area contributed by atoms with E-state index in [-0.39, 0.29) is 25.4 Å². The van der Waals surface area contributed by atoms with Crippen LogP contribution in [-0.4, -0.2) is 74.1 Å². The van der Waals surface area contributed by atoms with Crippen LogP contribution in [0.5, 0.6) is 0 Å². The third kappa shape index (κ3) is 9.56. The molecular formula is C40H45N3O7. The number of methoxy groups -OCH3 is 1. The number of aliphatic hydroxyl groups is 1. The van der Waals surface area contributed by atoms with E-state index < -0.39 is 24.3 Å². The van der Waals surface area contributed by atoms with E-state index in [0.29, 0.717) is 6.42 Å². The summed E-state index contributed by atoms with van der Waals surface area (Å²) in [4.78, 5) is 27.5. The van der Waals surface area contributed by atoms with Gasteiger partial charge in [0, 0.05) is 44.6 Å². The molecule has 4 aromatic rings. The predicted molar refractivity (Wildman–Crippen MR) is 189 cm³/mol. The van der Waals surface area contributed by atoms with Crippen molar-refractivity contribution in [2.75, 3.05) is 40.0 Å². The highest BCUT2D eigenvalue weighted by atomic mass is 16.7. The molecule has 0 bridgehead atoms. The molecule has 10 heteroatoms. The molecule has 4 unspecified atom stereocenters. The first-order chi connectivity index (χ1) is 24.5. The number of urea groups is 1. The van der Waals surface area contributed by atoms with Gasteiger partial charge in [-0.2, -0.15) is 0 Å². The van der Waals surface area contributed by atoms with Crippen LogP contribution < -0.4 is 10.6 Å². The molecule has 6 rings (SSSR count). The Hall–Kier alpha value is -4.58. The Morgan fingerprint density at radius 1 is 0.840 bits per heavy atom. The lowest BCUT2D eigenvalue weighted by Crippen LogP contribution is -2.47. The molecule has 10 nitrogen and oxygen atoms in total. The lowest BCUT2D eigenvalue weighted by Gasteiger charge is -2.39. The normalized spacial score (nSPS) is 20.1. The summed E-state index contributed by atoms with van der Waals surface area (Å²) in [6, 6.07) is 32.4. The molecule has 0 aromatic heterocycles. The second-order valence-electron chi connectivity index (χ2n) is 12.7. The van der Waals surface area contributed by atoms with Crippen LogP contribution in [0.3, 0.4) is 0 Å². The number of rotatable bonds is 12. The van der Waals surface area contributed by atoms with Crippen LogP contribution in [0.1, 0.15) is 46.6 Å². The number of nitrogens with zero attached hydrogens (tertiary/aromatic N) is 1.